The number of aromatic nitrogens is 1. The van der Waals surface area contributed by atoms with Crippen LogP contribution in [0, 0.1) is 25.2 Å². The summed E-state index contributed by atoms with van der Waals surface area (Å²) in [7, 11) is 1.71. The van der Waals surface area contributed by atoms with Crippen LogP contribution in [0.2, 0.25) is 0 Å². The van der Waals surface area contributed by atoms with Gasteiger partial charge in [-0.1, -0.05) is 20.8 Å². The number of pyridine rings is 1. The molecule has 0 bridgehead atoms. The first-order valence-corrected chi connectivity index (χ1v) is 6.55. The number of hydrogen-bond donors (Lipinski definition) is 1. The molecule has 1 heterocycles. The van der Waals surface area contributed by atoms with Crippen molar-refractivity contribution in [2.24, 2.45) is 17.1 Å². The molecular formula is C15H26N2O. The monoisotopic (exact) mass is 250 g/mol. The van der Waals surface area contributed by atoms with E-state index >= 15 is 0 Å². The lowest BCUT2D eigenvalue weighted by molar-refractivity contribution is 0.224. The van der Waals surface area contributed by atoms with Crippen LogP contribution in [-0.2, 0) is 6.42 Å². The highest BCUT2D eigenvalue weighted by Gasteiger charge is 2.28. The van der Waals surface area contributed by atoms with Crippen LogP contribution in [0.5, 0.6) is 5.75 Å². The van der Waals surface area contributed by atoms with Crippen LogP contribution in [0.25, 0.3) is 0 Å². The Morgan fingerprint density at radius 1 is 1.39 bits per heavy atom. The third-order valence-electron chi connectivity index (χ3n) is 4.18. The molecule has 0 aliphatic heterocycles. The van der Waals surface area contributed by atoms with Crippen molar-refractivity contribution in [1.29, 1.82) is 0 Å². The van der Waals surface area contributed by atoms with Crippen molar-refractivity contribution in [2.75, 3.05) is 13.7 Å². The number of aryl methyl sites for hydroxylation is 1. The SMILES string of the molecule is COc1c(C)cnc(CC(C)(CN)C(C)C)c1C. The highest BCUT2D eigenvalue weighted by atomic mass is 16.5. The fraction of sp³-hybridized carbons (Fsp3) is 0.667. The molecule has 1 rings (SSSR count). The summed E-state index contributed by atoms with van der Waals surface area (Å²) in [6.07, 6.45) is 2.78. The van der Waals surface area contributed by atoms with Crippen molar-refractivity contribution < 1.29 is 4.74 Å². The molecule has 102 valence electrons. The predicted molar refractivity (Wildman–Crippen MR) is 76.0 cm³/mol. The summed E-state index contributed by atoms with van der Waals surface area (Å²) in [6, 6.07) is 0. The number of methoxy groups -OCH3 is 1. The summed E-state index contributed by atoms with van der Waals surface area (Å²) in [4.78, 5) is 4.57. The summed E-state index contributed by atoms with van der Waals surface area (Å²) in [5, 5.41) is 0. The van der Waals surface area contributed by atoms with Gasteiger partial charge < -0.3 is 10.5 Å². The first-order valence-electron chi connectivity index (χ1n) is 6.55. The molecule has 0 amide bonds. The van der Waals surface area contributed by atoms with E-state index in [0.29, 0.717) is 12.5 Å². The second-order valence-corrected chi connectivity index (χ2v) is 5.74. The minimum Gasteiger partial charge on any atom is -0.496 e. The van der Waals surface area contributed by atoms with Gasteiger partial charge in [0.25, 0.3) is 0 Å². The summed E-state index contributed by atoms with van der Waals surface area (Å²) < 4.78 is 5.45. The van der Waals surface area contributed by atoms with Gasteiger partial charge in [0, 0.05) is 23.0 Å². The number of nitrogens with zero attached hydrogens (tertiary/aromatic N) is 1. The Kier molecular flexibility index (Phi) is 4.74. The predicted octanol–water partition coefficient (Wildman–Crippen LogP) is 2.87. The molecule has 0 saturated carbocycles. The van der Waals surface area contributed by atoms with E-state index < -0.39 is 0 Å². The molecule has 0 aromatic carbocycles. The minimum atomic E-state index is 0.0814. The van der Waals surface area contributed by atoms with Crippen molar-refractivity contribution in [3.05, 3.63) is 23.0 Å². The van der Waals surface area contributed by atoms with Gasteiger partial charge in [0.15, 0.2) is 0 Å². The van der Waals surface area contributed by atoms with Crippen LogP contribution in [0.1, 0.15) is 37.6 Å². The van der Waals surface area contributed by atoms with Crippen molar-refractivity contribution >= 4 is 0 Å². The molecule has 3 heteroatoms. The zero-order valence-electron chi connectivity index (χ0n) is 12.5. The van der Waals surface area contributed by atoms with Gasteiger partial charge in [0.05, 0.1) is 7.11 Å². The van der Waals surface area contributed by atoms with E-state index in [0.717, 1.165) is 29.0 Å². The maximum Gasteiger partial charge on any atom is 0.128 e. The molecule has 0 aliphatic carbocycles. The molecule has 1 aromatic heterocycles. The van der Waals surface area contributed by atoms with Gasteiger partial charge in [0.1, 0.15) is 5.75 Å². The van der Waals surface area contributed by atoms with Gasteiger partial charge in [-0.3, -0.25) is 4.98 Å². The number of ether oxygens (including phenoxy) is 1. The maximum absolute atomic E-state index is 5.95. The van der Waals surface area contributed by atoms with Crippen molar-refractivity contribution in [3.63, 3.8) is 0 Å². The average Bonchev–Trinajstić information content (AvgIpc) is 2.33. The molecule has 1 atom stereocenters. The maximum atomic E-state index is 5.95. The van der Waals surface area contributed by atoms with E-state index in [1.165, 1.54) is 0 Å². The molecule has 3 nitrogen and oxygen atoms in total. The molecule has 0 fully saturated rings. The Balaban J connectivity index is 3.12. The van der Waals surface area contributed by atoms with E-state index in [2.05, 4.69) is 32.7 Å². The van der Waals surface area contributed by atoms with Crippen molar-refractivity contribution in [2.45, 2.75) is 41.0 Å². The quantitative estimate of drug-likeness (QED) is 0.874. The van der Waals surface area contributed by atoms with Crippen LogP contribution >= 0.6 is 0 Å². The first-order chi connectivity index (χ1) is 8.35. The molecule has 0 aliphatic rings. The fourth-order valence-electron chi connectivity index (χ4n) is 2.14. The van der Waals surface area contributed by atoms with Gasteiger partial charge in [-0.25, -0.2) is 0 Å². The topological polar surface area (TPSA) is 48.1 Å². The molecule has 18 heavy (non-hydrogen) atoms. The van der Waals surface area contributed by atoms with Crippen LogP contribution < -0.4 is 10.5 Å². The van der Waals surface area contributed by atoms with E-state index in [1.54, 1.807) is 7.11 Å². The lowest BCUT2D eigenvalue weighted by Crippen LogP contribution is -2.35. The standard InChI is InChI=1S/C15H26N2O/c1-10(2)15(5,9-16)7-13-12(4)14(18-6)11(3)8-17-13/h8,10H,7,9,16H2,1-6H3. The Morgan fingerprint density at radius 3 is 2.44 bits per heavy atom. The third kappa shape index (κ3) is 2.83. The Hall–Kier alpha value is -1.09. The second-order valence-electron chi connectivity index (χ2n) is 5.74. The van der Waals surface area contributed by atoms with E-state index in [4.69, 9.17) is 10.5 Å². The van der Waals surface area contributed by atoms with Gasteiger partial charge >= 0.3 is 0 Å². The summed E-state index contributed by atoms with van der Waals surface area (Å²) in [5.74, 6) is 1.47. The molecule has 2 N–H and O–H groups in total. The van der Waals surface area contributed by atoms with Gasteiger partial charge in [-0.2, -0.15) is 0 Å². The van der Waals surface area contributed by atoms with E-state index in [-0.39, 0.29) is 5.41 Å². The summed E-state index contributed by atoms with van der Waals surface area (Å²) in [5.41, 5.74) is 9.34. The van der Waals surface area contributed by atoms with Crippen LogP contribution in [0.15, 0.2) is 6.20 Å². The van der Waals surface area contributed by atoms with Crippen molar-refractivity contribution in [1.82, 2.24) is 4.98 Å². The summed E-state index contributed by atoms with van der Waals surface area (Å²) >= 11 is 0. The normalized spacial score (nSPS) is 14.7. The van der Waals surface area contributed by atoms with Gasteiger partial charge in [-0.15, -0.1) is 0 Å². The largest absolute Gasteiger partial charge is 0.496 e. The first kappa shape index (κ1) is 15.0. The second kappa shape index (κ2) is 5.70. The lowest BCUT2D eigenvalue weighted by Gasteiger charge is -2.32. The van der Waals surface area contributed by atoms with E-state index in [1.807, 2.05) is 13.1 Å². The average molecular weight is 250 g/mol. The molecule has 0 saturated heterocycles. The highest BCUT2D eigenvalue weighted by Crippen LogP contribution is 2.33. The zero-order valence-corrected chi connectivity index (χ0v) is 12.5. The number of nitrogens with two attached hydrogens (primary N) is 1. The highest BCUT2D eigenvalue weighted by molar-refractivity contribution is 5.41. The third-order valence-corrected chi connectivity index (χ3v) is 4.18. The molecule has 1 unspecified atom stereocenters. The Morgan fingerprint density at radius 2 is 2.00 bits per heavy atom. The molecule has 1 aromatic rings. The van der Waals surface area contributed by atoms with Crippen LogP contribution in [-0.4, -0.2) is 18.6 Å². The van der Waals surface area contributed by atoms with Crippen molar-refractivity contribution in [3.8, 4) is 5.75 Å². The number of rotatable bonds is 5. The lowest BCUT2D eigenvalue weighted by atomic mass is 9.75. The molecule has 0 spiro atoms. The summed E-state index contributed by atoms with van der Waals surface area (Å²) in [6.45, 7) is 11.4. The number of hydrogen-bond acceptors (Lipinski definition) is 3. The Bertz CT molecular complexity index is 415. The Labute approximate surface area is 111 Å². The van der Waals surface area contributed by atoms with Gasteiger partial charge in [-0.05, 0) is 38.1 Å². The molecule has 0 radical (unpaired) electrons. The minimum absolute atomic E-state index is 0.0814. The van der Waals surface area contributed by atoms with E-state index in [9.17, 15) is 0 Å². The van der Waals surface area contributed by atoms with Gasteiger partial charge in [0.2, 0.25) is 0 Å². The smallest absolute Gasteiger partial charge is 0.128 e. The zero-order chi connectivity index (χ0) is 13.9. The van der Waals surface area contributed by atoms with Crippen LogP contribution in [0.3, 0.4) is 0 Å². The van der Waals surface area contributed by atoms with Crippen LogP contribution in [0.4, 0.5) is 0 Å². The fourth-order valence-corrected chi connectivity index (χ4v) is 2.14. The molecular weight excluding hydrogens is 224 g/mol.